The third-order valence-electron chi connectivity index (χ3n) is 3.20. The molecule has 2 aromatic carbocycles. The molecule has 0 bridgehead atoms. The number of hydrogen-bond donors (Lipinski definition) is 1. The molecule has 0 aliphatic heterocycles. The highest BCUT2D eigenvalue weighted by Crippen LogP contribution is 2.35. The van der Waals surface area contributed by atoms with Gasteiger partial charge in [0.05, 0.1) is 9.95 Å². The van der Waals surface area contributed by atoms with Crippen LogP contribution >= 0.6 is 31.5 Å². The van der Waals surface area contributed by atoms with Crippen LogP contribution in [0.3, 0.4) is 0 Å². The summed E-state index contributed by atoms with van der Waals surface area (Å²) in [5, 5.41) is 15.0. The molecule has 0 saturated carbocycles. The Morgan fingerprint density at radius 2 is 1.73 bits per heavy atom. The summed E-state index contributed by atoms with van der Waals surface area (Å²) in [4.78, 5) is 10.6. The molecule has 0 radical (unpaired) electrons. The topological polar surface area (TPSA) is 99.9 Å². The van der Waals surface area contributed by atoms with Crippen molar-refractivity contribution in [3.05, 3.63) is 56.6 Å². The molecule has 0 aliphatic rings. The van der Waals surface area contributed by atoms with Crippen molar-refractivity contribution in [2.24, 2.45) is 0 Å². The predicted molar refractivity (Wildman–Crippen MR) is 119 cm³/mol. The maximum absolute atomic E-state index is 11.1. The van der Waals surface area contributed by atoms with Gasteiger partial charge in [-0.15, -0.1) is 9.05 Å². The number of rotatable bonds is 9. The average molecular weight is 478 g/mol. The highest BCUT2D eigenvalue weighted by molar-refractivity contribution is 7.33. The standard InChI is InChI=1S/C15H14Cl2N2O3.C4H10O3P/c1-9(2)18-13-8-11(4-5-14(13)19(20)21)22-15-6-3-10(16)7-12(15)17;1-3-6-8(5)7-4-2/h3-9,18H,1-2H3;3-4H2,1-2H3/q;+1. The molecule has 0 aromatic heterocycles. The lowest BCUT2D eigenvalue weighted by Crippen LogP contribution is -2.11. The molecule has 164 valence electrons. The van der Waals surface area contributed by atoms with E-state index in [0.717, 1.165) is 0 Å². The first kappa shape index (κ1) is 26.1. The monoisotopic (exact) mass is 477 g/mol. The Labute approximate surface area is 186 Å². The summed E-state index contributed by atoms with van der Waals surface area (Å²) in [7, 11) is -1.83. The predicted octanol–water partition coefficient (Wildman–Crippen LogP) is 7.23. The van der Waals surface area contributed by atoms with Crippen LogP contribution in [0.5, 0.6) is 11.5 Å². The summed E-state index contributed by atoms with van der Waals surface area (Å²) in [6.45, 7) is 8.21. The summed E-state index contributed by atoms with van der Waals surface area (Å²) >= 11 is 11.9. The van der Waals surface area contributed by atoms with Crippen molar-refractivity contribution in [2.75, 3.05) is 18.5 Å². The van der Waals surface area contributed by atoms with E-state index < -0.39 is 13.2 Å². The van der Waals surface area contributed by atoms with Gasteiger partial charge in [-0.1, -0.05) is 23.2 Å². The molecule has 0 fully saturated rings. The van der Waals surface area contributed by atoms with E-state index >= 15 is 0 Å². The van der Waals surface area contributed by atoms with Gasteiger partial charge in [-0.2, -0.15) is 0 Å². The molecule has 0 heterocycles. The summed E-state index contributed by atoms with van der Waals surface area (Å²) in [5.74, 6) is 0.869. The fourth-order valence-corrected chi connectivity index (χ4v) is 3.04. The van der Waals surface area contributed by atoms with Gasteiger partial charge < -0.3 is 10.1 Å². The van der Waals surface area contributed by atoms with Crippen LogP contribution in [-0.4, -0.2) is 24.2 Å². The molecule has 0 unspecified atom stereocenters. The lowest BCUT2D eigenvalue weighted by Gasteiger charge is -2.13. The van der Waals surface area contributed by atoms with Gasteiger partial charge in [-0.3, -0.25) is 10.1 Å². The van der Waals surface area contributed by atoms with Crippen LogP contribution in [0.1, 0.15) is 27.7 Å². The second-order valence-electron chi connectivity index (χ2n) is 5.97. The smallest absolute Gasteiger partial charge is 0.456 e. The Hall–Kier alpha value is -1.96. The molecule has 0 amide bonds. The molecule has 11 heteroatoms. The van der Waals surface area contributed by atoms with Crippen molar-refractivity contribution < 1.29 is 23.3 Å². The first-order valence-corrected chi connectivity index (χ1v) is 10.9. The number of nitro groups is 1. The Morgan fingerprint density at radius 1 is 1.10 bits per heavy atom. The number of nitrogens with one attached hydrogen (secondary N) is 1. The lowest BCUT2D eigenvalue weighted by atomic mass is 10.2. The number of anilines is 1. The quantitative estimate of drug-likeness (QED) is 0.231. The molecule has 30 heavy (non-hydrogen) atoms. The maximum Gasteiger partial charge on any atom is 0.697 e. The minimum Gasteiger partial charge on any atom is -0.456 e. The van der Waals surface area contributed by atoms with Crippen molar-refractivity contribution in [1.82, 2.24) is 0 Å². The zero-order valence-electron chi connectivity index (χ0n) is 17.1. The zero-order valence-corrected chi connectivity index (χ0v) is 19.5. The number of ether oxygens (including phenoxy) is 1. The van der Waals surface area contributed by atoms with Gasteiger partial charge in [-0.05, 0) is 52.0 Å². The van der Waals surface area contributed by atoms with Gasteiger partial charge >= 0.3 is 8.25 Å². The Balaban J connectivity index is 0.000000479. The van der Waals surface area contributed by atoms with Crippen LogP contribution in [0.15, 0.2) is 36.4 Å². The van der Waals surface area contributed by atoms with Crippen molar-refractivity contribution in [3.63, 3.8) is 0 Å². The normalized spacial score (nSPS) is 10.2. The number of nitro benzene ring substituents is 1. The number of hydrogen-bond acceptors (Lipinski definition) is 7. The molecular formula is C19H24Cl2N2O6P+. The van der Waals surface area contributed by atoms with Crippen LogP contribution in [0.2, 0.25) is 10.0 Å². The van der Waals surface area contributed by atoms with E-state index in [1.165, 1.54) is 12.1 Å². The van der Waals surface area contributed by atoms with Crippen LogP contribution < -0.4 is 10.1 Å². The van der Waals surface area contributed by atoms with Gasteiger partial charge in [0.2, 0.25) is 0 Å². The van der Waals surface area contributed by atoms with Gasteiger partial charge in [0.1, 0.15) is 30.4 Å². The molecule has 2 aromatic rings. The van der Waals surface area contributed by atoms with E-state index in [9.17, 15) is 14.7 Å². The fourth-order valence-electron chi connectivity index (χ4n) is 2.10. The molecule has 0 saturated heterocycles. The molecule has 2 rings (SSSR count). The van der Waals surface area contributed by atoms with Crippen LogP contribution in [0.4, 0.5) is 11.4 Å². The van der Waals surface area contributed by atoms with Crippen LogP contribution in [-0.2, 0) is 13.6 Å². The minimum atomic E-state index is -1.83. The molecule has 0 spiro atoms. The van der Waals surface area contributed by atoms with Crippen molar-refractivity contribution in [1.29, 1.82) is 0 Å². The minimum absolute atomic E-state index is 0.0109. The van der Waals surface area contributed by atoms with Gasteiger partial charge in [0.25, 0.3) is 5.69 Å². The number of benzene rings is 2. The first-order valence-electron chi connectivity index (χ1n) is 9.08. The van der Waals surface area contributed by atoms with Gasteiger partial charge in [-0.25, -0.2) is 0 Å². The van der Waals surface area contributed by atoms with E-state index in [4.69, 9.17) is 27.9 Å². The fraction of sp³-hybridized carbons (Fsp3) is 0.368. The maximum atomic E-state index is 11.1. The highest BCUT2D eigenvalue weighted by atomic mass is 35.5. The summed E-state index contributed by atoms with van der Waals surface area (Å²) < 4.78 is 25.2. The molecule has 0 atom stereocenters. The van der Waals surface area contributed by atoms with Crippen molar-refractivity contribution >= 4 is 42.8 Å². The Bertz CT molecular complexity index is 859. The molecule has 0 aliphatic carbocycles. The van der Waals surface area contributed by atoms with Crippen molar-refractivity contribution in [2.45, 2.75) is 33.7 Å². The number of nitrogens with zero attached hydrogens (tertiary/aromatic N) is 1. The Morgan fingerprint density at radius 3 is 2.23 bits per heavy atom. The Kier molecular flexibility index (Phi) is 11.6. The third-order valence-corrected chi connectivity index (χ3v) is 4.67. The second-order valence-corrected chi connectivity index (χ2v) is 7.78. The lowest BCUT2D eigenvalue weighted by molar-refractivity contribution is -0.384. The van der Waals surface area contributed by atoms with E-state index in [-0.39, 0.29) is 11.7 Å². The summed E-state index contributed by atoms with van der Waals surface area (Å²) in [5.41, 5.74) is 0.380. The van der Waals surface area contributed by atoms with Crippen LogP contribution in [0.25, 0.3) is 0 Å². The highest BCUT2D eigenvalue weighted by Gasteiger charge is 2.17. The van der Waals surface area contributed by atoms with E-state index in [2.05, 4.69) is 14.4 Å². The third kappa shape index (κ3) is 9.24. The number of halogens is 2. The second kappa shape index (κ2) is 13.4. The van der Waals surface area contributed by atoms with Crippen LogP contribution in [0, 0.1) is 10.1 Å². The molecular weight excluding hydrogens is 454 g/mol. The molecule has 1 N–H and O–H groups in total. The average Bonchev–Trinajstić information content (AvgIpc) is 2.64. The largest absolute Gasteiger partial charge is 0.697 e. The van der Waals surface area contributed by atoms with E-state index in [1.54, 1.807) is 38.1 Å². The summed E-state index contributed by atoms with van der Waals surface area (Å²) in [6.07, 6.45) is 0. The molecule has 8 nitrogen and oxygen atoms in total. The van der Waals surface area contributed by atoms with Crippen molar-refractivity contribution in [3.8, 4) is 11.5 Å². The van der Waals surface area contributed by atoms with Gasteiger partial charge in [0.15, 0.2) is 0 Å². The zero-order chi connectivity index (χ0) is 22.7. The van der Waals surface area contributed by atoms with E-state index in [1.807, 2.05) is 13.8 Å². The van der Waals surface area contributed by atoms with Gasteiger partial charge in [0, 0.05) is 27.8 Å². The first-order chi connectivity index (χ1) is 14.2. The SMILES string of the molecule is CC(C)Nc1cc(Oc2ccc(Cl)cc2Cl)ccc1[N+](=O)[O-].CCO[P+](=O)OCC. The van der Waals surface area contributed by atoms with E-state index in [0.29, 0.717) is 40.4 Å². The summed E-state index contributed by atoms with van der Waals surface area (Å²) in [6, 6.07) is 9.40.